The molecule has 0 fully saturated rings. The Morgan fingerprint density at radius 2 is 1.41 bits per heavy atom. The molecule has 0 saturated carbocycles. The second kappa shape index (κ2) is 6.74. The maximum absolute atomic E-state index is 4.88. The summed E-state index contributed by atoms with van der Waals surface area (Å²) < 4.78 is 0. The van der Waals surface area contributed by atoms with Crippen molar-refractivity contribution in [3.63, 3.8) is 0 Å². The third-order valence-electron chi connectivity index (χ3n) is 7.10. The van der Waals surface area contributed by atoms with E-state index in [4.69, 9.17) is 9.97 Å². The van der Waals surface area contributed by atoms with Crippen LogP contribution in [0, 0.1) is 0 Å². The Balaban J connectivity index is 1.70. The highest BCUT2D eigenvalue weighted by Gasteiger charge is 2.39. The number of benzene rings is 4. The van der Waals surface area contributed by atoms with Gasteiger partial charge in [-0.15, -0.1) is 0 Å². The fourth-order valence-electron chi connectivity index (χ4n) is 5.44. The molecule has 0 atom stereocenters. The minimum atomic E-state index is -0.167. The SMILES string of the molecule is CC(C)c1ccc(-c2ncnc3c2-c2cc4ccccc4cc2C3(C)C)c2ccccc12. The second-order valence-electron chi connectivity index (χ2n) is 9.72. The minimum absolute atomic E-state index is 0.167. The van der Waals surface area contributed by atoms with Crippen LogP contribution in [0.15, 0.2) is 79.1 Å². The molecule has 1 heterocycles. The van der Waals surface area contributed by atoms with Crippen molar-refractivity contribution < 1.29 is 0 Å². The van der Waals surface area contributed by atoms with Crippen LogP contribution in [0.1, 0.15) is 50.4 Å². The summed E-state index contributed by atoms with van der Waals surface area (Å²) in [6.45, 7) is 9.08. The maximum atomic E-state index is 4.88. The molecule has 0 spiro atoms. The van der Waals surface area contributed by atoms with Crippen molar-refractivity contribution >= 4 is 21.5 Å². The van der Waals surface area contributed by atoms with Crippen LogP contribution in [0.25, 0.3) is 43.9 Å². The molecule has 156 valence electrons. The summed E-state index contributed by atoms with van der Waals surface area (Å²) in [6, 6.07) is 26.5. The Bertz CT molecular complexity index is 1530. The smallest absolute Gasteiger partial charge is 0.116 e. The normalized spacial score (nSPS) is 14.2. The van der Waals surface area contributed by atoms with Crippen LogP contribution in [-0.2, 0) is 5.41 Å². The molecule has 2 nitrogen and oxygen atoms in total. The molecule has 5 aromatic rings. The van der Waals surface area contributed by atoms with Crippen molar-refractivity contribution in [3.8, 4) is 22.4 Å². The van der Waals surface area contributed by atoms with Gasteiger partial charge in [0.05, 0.1) is 11.4 Å². The van der Waals surface area contributed by atoms with E-state index >= 15 is 0 Å². The third kappa shape index (κ3) is 2.59. The molecule has 0 radical (unpaired) electrons. The van der Waals surface area contributed by atoms with Crippen molar-refractivity contribution in [2.24, 2.45) is 0 Å². The van der Waals surface area contributed by atoms with Gasteiger partial charge in [0.25, 0.3) is 0 Å². The molecule has 0 unspecified atom stereocenters. The predicted octanol–water partition coefficient (Wildman–Crippen LogP) is 7.88. The molecule has 6 rings (SSSR count). The lowest BCUT2D eigenvalue weighted by molar-refractivity contribution is 0.636. The monoisotopic (exact) mass is 414 g/mol. The minimum Gasteiger partial charge on any atom is -0.240 e. The number of aromatic nitrogens is 2. The van der Waals surface area contributed by atoms with E-state index in [-0.39, 0.29) is 5.41 Å². The number of rotatable bonds is 2. The van der Waals surface area contributed by atoms with Gasteiger partial charge >= 0.3 is 0 Å². The molecule has 1 aliphatic carbocycles. The van der Waals surface area contributed by atoms with Gasteiger partial charge in [-0.05, 0) is 56.3 Å². The number of fused-ring (bicyclic) bond motifs is 5. The van der Waals surface area contributed by atoms with E-state index in [9.17, 15) is 0 Å². The maximum Gasteiger partial charge on any atom is 0.116 e. The molecule has 0 bridgehead atoms. The highest BCUT2D eigenvalue weighted by atomic mass is 14.9. The van der Waals surface area contributed by atoms with E-state index in [1.165, 1.54) is 49.4 Å². The van der Waals surface area contributed by atoms with Crippen LogP contribution in [0.3, 0.4) is 0 Å². The van der Waals surface area contributed by atoms with Crippen LogP contribution >= 0.6 is 0 Å². The van der Waals surface area contributed by atoms with Crippen molar-refractivity contribution in [1.82, 2.24) is 9.97 Å². The van der Waals surface area contributed by atoms with Gasteiger partial charge in [-0.1, -0.05) is 88.4 Å². The van der Waals surface area contributed by atoms with Gasteiger partial charge < -0.3 is 0 Å². The lowest BCUT2D eigenvalue weighted by Crippen LogP contribution is -2.17. The van der Waals surface area contributed by atoms with E-state index in [0.29, 0.717) is 5.92 Å². The summed E-state index contributed by atoms with van der Waals surface area (Å²) in [5.74, 6) is 0.469. The van der Waals surface area contributed by atoms with Gasteiger partial charge in [0.15, 0.2) is 0 Å². The largest absolute Gasteiger partial charge is 0.240 e. The van der Waals surface area contributed by atoms with E-state index in [1.807, 2.05) is 0 Å². The van der Waals surface area contributed by atoms with Crippen LogP contribution < -0.4 is 0 Å². The first-order chi connectivity index (χ1) is 15.5. The topological polar surface area (TPSA) is 25.8 Å². The van der Waals surface area contributed by atoms with Crippen molar-refractivity contribution in [1.29, 1.82) is 0 Å². The van der Waals surface area contributed by atoms with E-state index < -0.39 is 0 Å². The summed E-state index contributed by atoms with van der Waals surface area (Å²) in [5.41, 5.74) is 8.31. The summed E-state index contributed by atoms with van der Waals surface area (Å²) in [4.78, 5) is 9.70. The van der Waals surface area contributed by atoms with Crippen molar-refractivity contribution in [2.45, 2.75) is 39.0 Å². The average molecular weight is 415 g/mol. The van der Waals surface area contributed by atoms with E-state index in [0.717, 1.165) is 11.4 Å². The quantitative estimate of drug-likeness (QED) is 0.293. The summed E-state index contributed by atoms with van der Waals surface area (Å²) in [7, 11) is 0. The molecule has 4 aromatic carbocycles. The lowest BCUT2D eigenvalue weighted by Gasteiger charge is -2.20. The molecular weight excluding hydrogens is 388 g/mol. The van der Waals surface area contributed by atoms with Gasteiger partial charge in [0.1, 0.15) is 6.33 Å². The molecule has 0 N–H and O–H groups in total. The van der Waals surface area contributed by atoms with Crippen LogP contribution in [-0.4, -0.2) is 9.97 Å². The fourth-order valence-corrected chi connectivity index (χ4v) is 5.44. The van der Waals surface area contributed by atoms with Crippen LogP contribution in [0.4, 0.5) is 0 Å². The Kier molecular flexibility index (Phi) is 4.04. The first kappa shape index (κ1) is 19.2. The lowest BCUT2D eigenvalue weighted by atomic mass is 9.84. The Morgan fingerprint density at radius 3 is 2.16 bits per heavy atom. The fraction of sp³-hybridized carbons (Fsp3) is 0.200. The highest BCUT2D eigenvalue weighted by Crippen LogP contribution is 2.52. The summed E-state index contributed by atoms with van der Waals surface area (Å²) >= 11 is 0. The standard InChI is InChI=1S/C30H26N2/c1-18(2)21-13-14-24(23-12-8-7-11-22(21)23)28-27-25-15-19-9-5-6-10-20(19)16-26(25)30(3,4)29(27)32-17-31-28/h5-18H,1-4H3. The zero-order valence-electron chi connectivity index (χ0n) is 19.0. The van der Waals surface area contributed by atoms with Crippen molar-refractivity contribution in [2.75, 3.05) is 0 Å². The molecule has 0 saturated heterocycles. The van der Waals surface area contributed by atoms with Gasteiger partial charge in [0.2, 0.25) is 0 Å². The Hall–Kier alpha value is -3.52. The molecule has 0 aliphatic heterocycles. The Labute approximate surface area is 189 Å². The van der Waals surface area contributed by atoms with E-state index in [2.05, 4.69) is 100 Å². The zero-order valence-corrected chi connectivity index (χ0v) is 19.0. The first-order valence-corrected chi connectivity index (χ1v) is 11.4. The highest BCUT2D eigenvalue weighted by molar-refractivity contribution is 6.04. The molecule has 1 aromatic heterocycles. The van der Waals surface area contributed by atoms with Gasteiger partial charge in [-0.3, -0.25) is 0 Å². The Morgan fingerprint density at radius 1 is 0.719 bits per heavy atom. The second-order valence-corrected chi connectivity index (χ2v) is 9.72. The van der Waals surface area contributed by atoms with Gasteiger partial charge in [-0.2, -0.15) is 0 Å². The zero-order chi connectivity index (χ0) is 22.0. The molecule has 2 heteroatoms. The molecular formula is C30H26N2. The third-order valence-corrected chi connectivity index (χ3v) is 7.10. The van der Waals surface area contributed by atoms with Gasteiger partial charge in [-0.25, -0.2) is 9.97 Å². The van der Waals surface area contributed by atoms with Crippen molar-refractivity contribution in [3.05, 3.63) is 95.9 Å². The van der Waals surface area contributed by atoms with Gasteiger partial charge in [0, 0.05) is 16.5 Å². The summed E-state index contributed by atoms with van der Waals surface area (Å²) in [6.07, 6.45) is 1.74. The molecule has 32 heavy (non-hydrogen) atoms. The number of nitrogens with zero attached hydrogens (tertiary/aromatic N) is 2. The first-order valence-electron chi connectivity index (χ1n) is 11.4. The number of hydrogen-bond donors (Lipinski definition) is 0. The van der Waals surface area contributed by atoms with Crippen LogP contribution in [0.2, 0.25) is 0 Å². The average Bonchev–Trinajstić information content (AvgIpc) is 3.03. The number of hydrogen-bond acceptors (Lipinski definition) is 2. The molecule has 0 amide bonds. The summed E-state index contributed by atoms with van der Waals surface area (Å²) in [5, 5.41) is 5.09. The predicted molar refractivity (Wildman–Crippen MR) is 134 cm³/mol. The van der Waals surface area contributed by atoms with E-state index in [1.54, 1.807) is 6.33 Å². The van der Waals surface area contributed by atoms with Crippen LogP contribution in [0.5, 0.6) is 0 Å². The molecule has 1 aliphatic rings.